The van der Waals surface area contributed by atoms with Crippen LogP contribution in [0.4, 0.5) is 0 Å². The van der Waals surface area contributed by atoms with Gasteiger partial charge in [0.25, 0.3) is 0 Å². The van der Waals surface area contributed by atoms with E-state index in [0.717, 1.165) is 32.0 Å². The van der Waals surface area contributed by atoms with Crippen molar-refractivity contribution < 1.29 is 5.11 Å². The van der Waals surface area contributed by atoms with Gasteiger partial charge in [-0.15, -0.1) is 0 Å². The van der Waals surface area contributed by atoms with Gasteiger partial charge in [0.15, 0.2) is 0 Å². The Balaban J connectivity index is 2.24. The third-order valence-electron chi connectivity index (χ3n) is 2.84. The lowest BCUT2D eigenvalue weighted by Gasteiger charge is -2.37. The second-order valence-corrected chi connectivity index (χ2v) is 4.44. The molecule has 0 aromatic rings. The molecule has 0 atom stereocenters. The molecule has 3 nitrogen and oxygen atoms in total. The Bertz CT molecular complexity index is 183. The third-order valence-corrected chi connectivity index (χ3v) is 3.04. The minimum atomic E-state index is 0.274. The molecule has 0 heterocycles. The Morgan fingerprint density at radius 3 is 2.57 bits per heavy atom. The van der Waals surface area contributed by atoms with Gasteiger partial charge in [-0.05, 0) is 19.3 Å². The minimum absolute atomic E-state index is 0.274. The van der Waals surface area contributed by atoms with E-state index in [1.807, 2.05) is 0 Å². The van der Waals surface area contributed by atoms with Crippen molar-refractivity contribution in [2.24, 2.45) is 5.73 Å². The average Bonchev–Trinajstić information content (AvgIpc) is 2.06. The molecule has 1 aliphatic rings. The van der Waals surface area contributed by atoms with Gasteiger partial charge in [0.1, 0.15) is 0 Å². The van der Waals surface area contributed by atoms with E-state index in [-0.39, 0.29) is 6.61 Å². The summed E-state index contributed by atoms with van der Waals surface area (Å²) in [7, 11) is 0. The highest BCUT2D eigenvalue weighted by Gasteiger charge is 2.23. The predicted molar refractivity (Wildman–Crippen MR) is 62.3 cm³/mol. The highest BCUT2D eigenvalue weighted by Crippen LogP contribution is 2.24. The van der Waals surface area contributed by atoms with Gasteiger partial charge in [0.05, 0.1) is 4.99 Å². The molecule has 0 aliphatic heterocycles. The van der Waals surface area contributed by atoms with Crippen LogP contribution < -0.4 is 5.73 Å². The van der Waals surface area contributed by atoms with Gasteiger partial charge >= 0.3 is 0 Å². The molecule has 82 valence electrons. The van der Waals surface area contributed by atoms with Crippen LogP contribution >= 0.6 is 12.2 Å². The molecule has 0 unspecified atom stereocenters. The fourth-order valence-corrected chi connectivity index (χ4v) is 1.85. The van der Waals surface area contributed by atoms with E-state index in [9.17, 15) is 0 Å². The first-order chi connectivity index (χ1) is 6.74. The lowest BCUT2D eigenvalue weighted by atomic mass is 9.91. The van der Waals surface area contributed by atoms with E-state index in [1.165, 1.54) is 19.3 Å². The Kier molecular flexibility index (Phi) is 5.37. The molecule has 4 heteroatoms. The van der Waals surface area contributed by atoms with Crippen molar-refractivity contribution in [3.05, 3.63) is 0 Å². The molecule has 1 aliphatic carbocycles. The molecule has 1 rings (SSSR count). The summed E-state index contributed by atoms with van der Waals surface area (Å²) in [5.74, 6) is 0. The lowest BCUT2D eigenvalue weighted by molar-refractivity contribution is 0.120. The number of nitrogens with zero attached hydrogens (tertiary/aromatic N) is 1. The van der Waals surface area contributed by atoms with E-state index in [4.69, 9.17) is 23.1 Å². The van der Waals surface area contributed by atoms with E-state index in [0.29, 0.717) is 4.99 Å². The fourth-order valence-electron chi connectivity index (χ4n) is 1.76. The van der Waals surface area contributed by atoms with Crippen molar-refractivity contribution in [2.45, 2.75) is 38.1 Å². The van der Waals surface area contributed by atoms with Gasteiger partial charge in [-0.25, -0.2) is 0 Å². The summed E-state index contributed by atoms with van der Waals surface area (Å²) in [4.78, 5) is 3.01. The van der Waals surface area contributed by atoms with Crippen molar-refractivity contribution >= 4 is 17.2 Å². The van der Waals surface area contributed by atoms with Crippen molar-refractivity contribution in [3.63, 3.8) is 0 Å². The number of rotatable bonds is 7. The first kappa shape index (κ1) is 11.9. The molecule has 3 N–H and O–H groups in total. The molecule has 0 aromatic heterocycles. The van der Waals surface area contributed by atoms with Crippen LogP contribution in [0.15, 0.2) is 0 Å². The smallest absolute Gasteiger partial charge is 0.0740 e. The SMILES string of the molecule is NC(=S)CCN(CCCO)C1CCC1. The largest absolute Gasteiger partial charge is 0.396 e. The van der Waals surface area contributed by atoms with Crippen molar-refractivity contribution in [3.8, 4) is 0 Å². The molecule has 1 fully saturated rings. The summed E-state index contributed by atoms with van der Waals surface area (Å²) in [6.45, 7) is 2.21. The van der Waals surface area contributed by atoms with Crippen LogP contribution in [0.3, 0.4) is 0 Å². The monoisotopic (exact) mass is 216 g/mol. The van der Waals surface area contributed by atoms with Crippen LogP contribution in [-0.4, -0.2) is 40.7 Å². The van der Waals surface area contributed by atoms with Crippen molar-refractivity contribution in [1.82, 2.24) is 4.90 Å². The molecule has 0 amide bonds. The van der Waals surface area contributed by atoms with E-state index >= 15 is 0 Å². The first-order valence-corrected chi connectivity index (χ1v) is 5.78. The Hall–Kier alpha value is -0.190. The normalized spacial score (nSPS) is 17.0. The first-order valence-electron chi connectivity index (χ1n) is 5.37. The molecule has 1 saturated carbocycles. The average molecular weight is 216 g/mol. The zero-order chi connectivity index (χ0) is 10.4. The summed E-state index contributed by atoms with van der Waals surface area (Å²) in [6, 6.07) is 0.718. The van der Waals surface area contributed by atoms with Crippen LogP contribution in [-0.2, 0) is 0 Å². The Morgan fingerprint density at radius 1 is 1.43 bits per heavy atom. The number of hydrogen-bond donors (Lipinski definition) is 2. The minimum Gasteiger partial charge on any atom is -0.396 e. The van der Waals surface area contributed by atoms with Gasteiger partial charge in [-0.2, -0.15) is 0 Å². The van der Waals surface area contributed by atoms with Crippen molar-refractivity contribution in [2.75, 3.05) is 19.7 Å². The molecule has 14 heavy (non-hydrogen) atoms. The van der Waals surface area contributed by atoms with E-state index in [1.54, 1.807) is 0 Å². The zero-order valence-electron chi connectivity index (χ0n) is 8.61. The standard InChI is InChI=1S/C10H20N2OS/c11-10(14)5-7-12(6-2-8-13)9-3-1-4-9/h9,13H,1-8H2,(H2,11,14). The molecule has 0 bridgehead atoms. The van der Waals surface area contributed by atoms with Gasteiger partial charge in [0.2, 0.25) is 0 Å². The van der Waals surface area contributed by atoms with E-state index < -0.39 is 0 Å². The Morgan fingerprint density at radius 2 is 2.14 bits per heavy atom. The van der Waals surface area contributed by atoms with Crippen LogP contribution in [0.25, 0.3) is 0 Å². The van der Waals surface area contributed by atoms with Crippen LogP contribution in [0.2, 0.25) is 0 Å². The quantitative estimate of drug-likeness (QED) is 0.621. The molecule has 0 radical (unpaired) electrons. The number of nitrogens with two attached hydrogens (primary N) is 1. The number of aliphatic hydroxyl groups is 1. The van der Waals surface area contributed by atoms with Crippen LogP contribution in [0.5, 0.6) is 0 Å². The molecular formula is C10H20N2OS. The summed E-state index contributed by atoms with van der Waals surface area (Å²) < 4.78 is 0. The number of hydrogen-bond acceptors (Lipinski definition) is 3. The maximum atomic E-state index is 8.79. The highest BCUT2D eigenvalue weighted by atomic mass is 32.1. The summed E-state index contributed by atoms with van der Waals surface area (Å²) in [5, 5.41) is 8.79. The zero-order valence-corrected chi connectivity index (χ0v) is 9.43. The number of thiocarbonyl (C=S) groups is 1. The number of aliphatic hydroxyl groups excluding tert-OH is 1. The van der Waals surface area contributed by atoms with Gasteiger partial charge in [0, 0.05) is 32.2 Å². The topological polar surface area (TPSA) is 49.5 Å². The van der Waals surface area contributed by atoms with Crippen LogP contribution in [0, 0.1) is 0 Å². The lowest BCUT2D eigenvalue weighted by Crippen LogP contribution is -2.42. The van der Waals surface area contributed by atoms with E-state index in [2.05, 4.69) is 4.90 Å². The second-order valence-electron chi connectivity index (χ2n) is 3.91. The molecule has 0 aromatic carbocycles. The summed E-state index contributed by atoms with van der Waals surface area (Å²) in [5.41, 5.74) is 5.48. The van der Waals surface area contributed by atoms with Gasteiger partial charge in [-0.3, -0.25) is 4.90 Å². The summed E-state index contributed by atoms with van der Waals surface area (Å²) in [6.07, 6.45) is 5.59. The highest BCUT2D eigenvalue weighted by molar-refractivity contribution is 7.80. The third kappa shape index (κ3) is 3.90. The molecular weight excluding hydrogens is 196 g/mol. The maximum Gasteiger partial charge on any atom is 0.0740 e. The second kappa shape index (κ2) is 6.32. The van der Waals surface area contributed by atoms with Gasteiger partial charge in [-0.1, -0.05) is 18.6 Å². The Labute approximate surface area is 91.3 Å². The molecule has 0 spiro atoms. The van der Waals surface area contributed by atoms with Crippen molar-refractivity contribution in [1.29, 1.82) is 0 Å². The molecule has 0 saturated heterocycles. The fraction of sp³-hybridized carbons (Fsp3) is 0.900. The predicted octanol–water partition coefficient (Wildman–Crippen LogP) is 0.899. The summed E-state index contributed by atoms with van der Waals surface area (Å²) >= 11 is 4.87. The van der Waals surface area contributed by atoms with Gasteiger partial charge < -0.3 is 10.8 Å². The maximum absolute atomic E-state index is 8.79. The van der Waals surface area contributed by atoms with Crippen LogP contribution in [0.1, 0.15) is 32.1 Å².